The molecule has 0 amide bonds. The molecule has 1 aliphatic rings. The van der Waals surface area contributed by atoms with E-state index in [0.717, 1.165) is 38.6 Å². The molecule has 0 bridgehead atoms. The third kappa shape index (κ3) is 4.49. The lowest BCUT2D eigenvalue weighted by atomic mass is 10.3. The Labute approximate surface area is 90.8 Å². The molecule has 0 aliphatic heterocycles. The van der Waals surface area contributed by atoms with Crippen LogP contribution in [0.4, 0.5) is 0 Å². The Balaban J connectivity index is 1.38. The first kappa shape index (κ1) is 10.7. The minimum absolute atomic E-state index is 0.879. The summed E-state index contributed by atoms with van der Waals surface area (Å²) in [5, 5.41) is 3.35. The molecule has 2 rings (SSSR count). The van der Waals surface area contributed by atoms with E-state index in [4.69, 9.17) is 9.15 Å². The summed E-state index contributed by atoms with van der Waals surface area (Å²) < 4.78 is 10.5. The lowest BCUT2D eigenvalue weighted by Crippen LogP contribution is -2.16. The van der Waals surface area contributed by atoms with Crippen LogP contribution in [0.15, 0.2) is 23.0 Å². The number of ether oxygens (including phenoxy) is 1. The molecule has 1 aromatic heterocycles. The maximum absolute atomic E-state index is 5.54. The van der Waals surface area contributed by atoms with Gasteiger partial charge in [-0.05, 0) is 37.8 Å². The van der Waals surface area contributed by atoms with Crippen LogP contribution >= 0.6 is 0 Å². The molecule has 1 aliphatic carbocycles. The van der Waals surface area contributed by atoms with E-state index < -0.39 is 0 Å². The van der Waals surface area contributed by atoms with Crippen molar-refractivity contribution in [2.24, 2.45) is 5.92 Å². The molecule has 3 heteroatoms. The van der Waals surface area contributed by atoms with Gasteiger partial charge in [0.2, 0.25) is 0 Å². The SMILES string of the molecule is c1cc(CNCCCOCC2CC2)co1. The monoisotopic (exact) mass is 209 g/mol. The topological polar surface area (TPSA) is 34.4 Å². The maximum atomic E-state index is 5.54. The maximum Gasteiger partial charge on any atom is 0.0947 e. The Hall–Kier alpha value is -0.800. The van der Waals surface area contributed by atoms with Gasteiger partial charge in [0, 0.05) is 25.3 Å². The van der Waals surface area contributed by atoms with Gasteiger partial charge in [0.05, 0.1) is 12.5 Å². The zero-order valence-electron chi connectivity index (χ0n) is 9.08. The minimum atomic E-state index is 0.879. The number of hydrogen-bond acceptors (Lipinski definition) is 3. The third-order valence-electron chi connectivity index (χ3n) is 2.60. The van der Waals surface area contributed by atoms with Crippen LogP contribution in [0, 0.1) is 5.92 Å². The second kappa shape index (κ2) is 5.93. The highest BCUT2D eigenvalue weighted by Crippen LogP contribution is 2.28. The predicted octanol–water partition coefficient (Wildman–Crippen LogP) is 2.19. The highest BCUT2D eigenvalue weighted by atomic mass is 16.5. The standard InChI is InChI=1S/C12H19NO2/c1(6-14-9-11-2-3-11)5-13-8-12-4-7-15-10-12/h4,7,10-11,13H,1-3,5-6,8-9H2. The first-order valence-corrected chi connectivity index (χ1v) is 5.74. The van der Waals surface area contributed by atoms with Gasteiger partial charge in [0.25, 0.3) is 0 Å². The number of nitrogens with one attached hydrogen (secondary N) is 1. The van der Waals surface area contributed by atoms with Gasteiger partial charge >= 0.3 is 0 Å². The molecule has 0 unspecified atom stereocenters. The first-order valence-electron chi connectivity index (χ1n) is 5.74. The van der Waals surface area contributed by atoms with E-state index in [1.54, 1.807) is 12.5 Å². The molecule has 1 aromatic rings. The van der Waals surface area contributed by atoms with E-state index in [0.29, 0.717) is 0 Å². The molecule has 15 heavy (non-hydrogen) atoms. The van der Waals surface area contributed by atoms with E-state index in [2.05, 4.69) is 5.32 Å². The Bertz CT molecular complexity index is 255. The number of hydrogen-bond donors (Lipinski definition) is 1. The summed E-state index contributed by atoms with van der Waals surface area (Å²) in [5.41, 5.74) is 1.20. The van der Waals surface area contributed by atoms with Crippen molar-refractivity contribution in [3.63, 3.8) is 0 Å². The van der Waals surface area contributed by atoms with Gasteiger partial charge in [0.1, 0.15) is 0 Å². The second-order valence-corrected chi connectivity index (χ2v) is 4.18. The summed E-state index contributed by atoms with van der Waals surface area (Å²) in [6, 6.07) is 1.98. The number of furan rings is 1. The predicted molar refractivity (Wildman–Crippen MR) is 58.6 cm³/mol. The van der Waals surface area contributed by atoms with E-state index >= 15 is 0 Å². The summed E-state index contributed by atoms with van der Waals surface area (Å²) in [4.78, 5) is 0. The molecule has 84 valence electrons. The quantitative estimate of drug-likeness (QED) is 0.666. The van der Waals surface area contributed by atoms with Crippen molar-refractivity contribution in [2.75, 3.05) is 19.8 Å². The lowest BCUT2D eigenvalue weighted by molar-refractivity contribution is 0.122. The molecule has 0 saturated heterocycles. The van der Waals surface area contributed by atoms with Crippen LogP contribution in [-0.4, -0.2) is 19.8 Å². The molecule has 1 heterocycles. The van der Waals surface area contributed by atoms with Gasteiger partial charge in [-0.1, -0.05) is 0 Å². The average Bonchev–Trinajstić information content (AvgIpc) is 2.92. The van der Waals surface area contributed by atoms with Gasteiger partial charge in [-0.3, -0.25) is 0 Å². The zero-order valence-corrected chi connectivity index (χ0v) is 9.08. The lowest BCUT2D eigenvalue weighted by Gasteiger charge is -2.04. The van der Waals surface area contributed by atoms with E-state index in [9.17, 15) is 0 Å². The van der Waals surface area contributed by atoms with Gasteiger partial charge < -0.3 is 14.5 Å². The van der Waals surface area contributed by atoms with Gasteiger partial charge in [-0.15, -0.1) is 0 Å². The van der Waals surface area contributed by atoms with Crippen molar-refractivity contribution < 1.29 is 9.15 Å². The molecular formula is C12H19NO2. The van der Waals surface area contributed by atoms with E-state index in [1.165, 1.54) is 18.4 Å². The first-order chi connectivity index (χ1) is 7.45. The van der Waals surface area contributed by atoms with Gasteiger partial charge in [0.15, 0.2) is 0 Å². The van der Waals surface area contributed by atoms with Crippen molar-refractivity contribution >= 4 is 0 Å². The van der Waals surface area contributed by atoms with Crippen LogP contribution < -0.4 is 5.32 Å². The molecule has 0 aromatic carbocycles. The Morgan fingerprint density at radius 3 is 3.13 bits per heavy atom. The smallest absolute Gasteiger partial charge is 0.0947 e. The van der Waals surface area contributed by atoms with Crippen LogP contribution in [0.1, 0.15) is 24.8 Å². The molecule has 1 N–H and O–H groups in total. The van der Waals surface area contributed by atoms with Crippen molar-refractivity contribution in [2.45, 2.75) is 25.8 Å². The molecule has 1 saturated carbocycles. The third-order valence-corrected chi connectivity index (χ3v) is 2.60. The van der Waals surface area contributed by atoms with Crippen LogP contribution in [0.3, 0.4) is 0 Å². The summed E-state index contributed by atoms with van der Waals surface area (Å²) in [6.07, 6.45) is 7.31. The Morgan fingerprint density at radius 1 is 1.47 bits per heavy atom. The Morgan fingerprint density at radius 2 is 2.40 bits per heavy atom. The second-order valence-electron chi connectivity index (χ2n) is 4.18. The van der Waals surface area contributed by atoms with Gasteiger partial charge in [-0.25, -0.2) is 0 Å². The summed E-state index contributed by atoms with van der Waals surface area (Å²) in [7, 11) is 0. The van der Waals surface area contributed by atoms with E-state index in [-0.39, 0.29) is 0 Å². The fourth-order valence-electron chi connectivity index (χ4n) is 1.46. The zero-order chi connectivity index (χ0) is 10.3. The average molecular weight is 209 g/mol. The fraction of sp³-hybridized carbons (Fsp3) is 0.667. The molecule has 0 spiro atoms. The van der Waals surface area contributed by atoms with Crippen LogP contribution in [0.25, 0.3) is 0 Å². The molecule has 3 nitrogen and oxygen atoms in total. The van der Waals surface area contributed by atoms with Crippen molar-refractivity contribution in [3.8, 4) is 0 Å². The van der Waals surface area contributed by atoms with Crippen molar-refractivity contribution in [1.82, 2.24) is 5.32 Å². The summed E-state index contributed by atoms with van der Waals surface area (Å²) >= 11 is 0. The molecule has 0 atom stereocenters. The largest absolute Gasteiger partial charge is 0.472 e. The van der Waals surface area contributed by atoms with Gasteiger partial charge in [-0.2, -0.15) is 0 Å². The highest BCUT2D eigenvalue weighted by Gasteiger charge is 2.20. The molecule has 0 radical (unpaired) electrons. The summed E-state index contributed by atoms with van der Waals surface area (Å²) in [6.45, 7) is 3.76. The van der Waals surface area contributed by atoms with Crippen LogP contribution in [-0.2, 0) is 11.3 Å². The van der Waals surface area contributed by atoms with Crippen LogP contribution in [0.5, 0.6) is 0 Å². The van der Waals surface area contributed by atoms with Crippen LogP contribution in [0.2, 0.25) is 0 Å². The number of rotatable bonds is 8. The van der Waals surface area contributed by atoms with Crippen molar-refractivity contribution in [3.05, 3.63) is 24.2 Å². The highest BCUT2D eigenvalue weighted by molar-refractivity contribution is 5.04. The van der Waals surface area contributed by atoms with Crippen molar-refractivity contribution in [1.29, 1.82) is 0 Å². The Kier molecular flexibility index (Phi) is 4.23. The molecule has 1 fully saturated rings. The minimum Gasteiger partial charge on any atom is -0.472 e. The van der Waals surface area contributed by atoms with E-state index in [1.807, 2.05) is 6.07 Å². The molecular weight excluding hydrogens is 190 g/mol. The summed E-state index contributed by atoms with van der Waals surface area (Å²) in [5.74, 6) is 0.879. The fourth-order valence-corrected chi connectivity index (χ4v) is 1.46. The normalized spacial score (nSPS) is 15.7.